The SMILES string of the molecule is C=C(N1[C@@H]2CC[C@H]1CC(O)C2)C(F)(F)c1cccc(C(=O)Nc2ccc(F)c(C)c2)c1F. The van der Waals surface area contributed by atoms with Gasteiger partial charge in [0.1, 0.15) is 11.6 Å². The molecule has 2 heterocycles. The van der Waals surface area contributed by atoms with Gasteiger partial charge in [-0.2, -0.15) is 8.78 Å². The van der Waals surface area contributed by atoms with Gasteiger partial charge in [0.15, 0.2) is 0 Å². The topological polar surface area (TPSA) is 52.6 Å². The molecule has 0 aromatic heterocycles. The molecule has 2 aliphatic rings. The predicted octanol–water partition coefficient (Wildman–Crippen LogP) is 5.12. The van der Waals surface area contributed by atoms with Gasteiger partial charge in [-0.1, -0.05) is 12.6 Å². The van der Waals surface area contributed by atoms with E-state index in [0.29, 0.717) is 25.7 Å². The molecule has 0 spiro atoms. The number of alkyl halides is 2. The average Bonchev–Trinajstić information content (AvgIpc) is 3.00. The largest absolute Gasteiger partial charge is 0.393 e. The second-order valence-electron chi connectivity index (χ2n) is 8.52. The molecule has 0 radical (unpaired) electrons. The number of anilines is 1. The molecule has 2 N–H and O–H groups in total. The molecule has 2 aliphatic heterocycles. The first-order valence-corrected chi connectivity index (χ1v) is 10.5. The summed E-state index contributed by atoms with van der Waals surface area (Å²) in [5.41, 5.74) is -1.51. The van der Waals surface area contributed by atoms with Crippen molar-refractivity contribution >= 4 is 11.6 Å². The van der Waals surface area contributed by atoms with Crippen LogP contribution in [0.1, 0.15) is 47.2 Å². The number of halogens is 4. The van der Waals surface area contributed by atoms with Crippen LogP contribution < -0.4 is 5.32 Å². The van der Waals surface area contributed by atoms with Gasteiger partial charge in [-0.25, -0.2) is 8.78 Å². The number of aliphatic hydroxyl groups excluding tert-OH is 1. The van der Waals surface area contributed by atoms with Crippen LogP contribution in [-0.2, 0) is 5.92 Å². The molecule has 2 aromatic carbocycles. The van der Waals surface area contributed by atoms with Crippen molar-refractivity contribution in [2.75, 3.05) is 5.32 Å². The smallest absolute Gasteiger partial charge is 0.314 e. The van der Waals surface area contributed by atoms with Crippen LogP contribution in [0.25, 0.3) is 0 Å². The third kappa shape index (κ3) is 3.88. The van der Waals surface area contributed by atoms with Crippen LogP contribution in [0.3, 0.4) is 0 Å². The first-order chi connectivity index (χ1) is 15.1. The lowest BCUT2D eigenvalue weighted by atomic mass is 9.95. The van der Waals surface area contributed by atoms with Gasteiger partial charge in [-0.05, 0) is 68.5 Å². The molecule has 0 aliphatic carbocycles. The molecule has 2 aromatic rings. The molecule has 2 fully saturated rings. The van der Waals surface area contributed by atoms with Crippen molar-refractivity contribution in [2.45, 2.75) is 56.7 Å². The number of carbonyl (C=O) groups excluding carboxylic acids is 1. The fraction of sp³-hybridized carbons (Fsp3) is 0.375. The summed E-state index contributed by atoms with van der Waals surface area (Å²) in [5.74, 6) is -6.46. The Labute approximate surface area is 183 Å². The van der Waals surface area contributed by atoms with E-state index in [4.69, 9.17) is 0 Å². The second kappa shape index (κ2) is 8.24. The van der Waals surface area contributed by atoms with Gasteiger partial charge in [0.2, 0.25) is 0 Å². The summed E-state index contributed by atoms with van der Waals surface area (Å²) in [7, 11) is 0. The first kappa shape index (κ1) is 22.3. The van der Waals surface area contributed by atoms with Crippen molar-refractivity contribution in [2.24, 2.45) is 0 Å². The Morgan fingerprint density at radius 1 is 1.16 bits per heavy atom. The number of hydrogen-bond donors (Lipinski definition) is 2. The number of nitrogens with zero attached hydrogens (tertiary/aromatic N) is 1. The van der Waals surface area contributed by atoms with E-state index in [1.54, 1.807) is 0 Å². The number of benzene rings is 2. The number of rotatable bonds is 5. The maximum absolute atomic E-state index is 15.4. The Morgan fingerprint density at radius 2 is 1.81 bits per heavy atom. The summed E-state index contributed by atoms with van der Waals surface area (Å²) >= 11 is 0. The van der Waals surface area contributed by atoms with Crippen LogP contribution in [-0.4, -0.2) is 34.1 Å². The number of aryl methyl sites for hydroxylation is 1. The van der Waals surface area contributed by atoms with Gasteiger partial charge >= 0.3 is 5.92 Å². The standard InChI is InChI=1S/C24H24F4N2O2/c1-13-10-15(6-9-21(13)25)29-23(32)19-4-3-5-20(22(19)26)24(27,28)14(2)30-16-7-8-17(30)12-18(31)11-16/h3-6,9-10,16-18,31H,2,7-8,11-12H2,1H3,(H,29,32)/t16-,17+,18?. The third-order valence-corrected chi connectivity index (χ3v) is 6.38. The fourth-order valence-electron chi connectivity index (χ4n) is 4.78. The Balaban J connectivity index is 1.60. The maximum Gasteiger partial charge on any atom is 0.314 e. The molecule has 3 atom stereocenters. The van der Waals surface area contributed by atoms with Crippen molar-refractivity contribution in [1.82, 2.24) is 4.90 Å². The predicted molar refractivity (Wildman–Crippen MR) is 112 cm³/mol. The van der Waals surface area contributed by atoms with Crippen LogP contribution >= 0.6 is 0 Å². The van der Waals surface area contributed by atoms with Crippen LogP contribution in [0, 0.1) is 18.6 Å². The monoisotopic (exact) mass is 448 g/mol. The number of nitrogens with one attached hydrogen (secondary N) is 1. The first-order valence-electron chi connectivity index (χ1n) is 10.5. The van der Waals surface area contributed by atoms with E-state index in [1.807, 2.05) is 0 Å². The number of hydrogen-bond acceptors (Lipinski definition) is 3. The number of carbonyl (C=O) groups is 1. The van der Waals surface area contributed by atoms with Crippen LogP contribution in [0.2, 0.25) is 0 Å². The molecule has 4 nitrogen and oxygen atoms in total. The molecule has 2 saturated heterocycles. The number of fused-ring (bicyclic) bond motifs is 2. The minimum atomic E-state index is -3.74. The fourth-order valence-corrected chi connectivity index (χ4v) is 4.78. The number of aliphatic hydroxyl groups is 1. The van der Waals surface area contributed by atoms with Crippen molar-refractivity contribution in [3.63, 3.8) is 0 Å². The van der Waals surface area contributed by atoms with Gasteiger partial charge < -0.3 is 15.3 Å². The van der Waals surface area contributed by atoms with E-state index in [-0.39, 0.29) is 23.3 Å². The zero-order valence-corrected chi connectivity index (χ0v) is 17.5. The van der Waals surface area contributed by atoms with E-state index >= 15 is 13.2 Å². The van der Waals surface area contributed by atoms with E-state index in [2.05, 4.69) is 11.9 Å². The van der Waals surface area contributed by atoms with Crippen molar-refractivity contribution < 1.29 is 27.5 Å². The molecular formula is C24H24F4N2O2. The van der Waals surface area contributed by atoms with Gasteiger partial charge in [0, 0.05) is 17.8 Å². The van der Waals surface area contributed by atoms with Crippen LogP contribution in [0.5, 0.6) is 0 Å². The van der Waals surface area contributed by atoms with Gasteiger partial charge in [-0.3, -0.25) is 4.79 Å². The minimum Gasteiger partial charge on any atom is -0.393 e. The molecular weight excluding hydrogens is 424 g/mol. The molecule has 1 unspecified atom stereocenters. The third-order valence-electron chi connectivity index (χ3n) is 6.38. The quantitative estimate of drug-likeness (QED) is 0.625. The highest BCUT2D eigenvalue weighted by Gasteiger charge is 2.49. The lowest BCUT2D eigenvalue weighted by Gasteiger charge is -2.42. The van der Waals surface area contributed by atoms with Crippen LogP contribution in [0.15, 0.2) is 48.7 Å². The van der Waals surface area contributed by atoms with E-state index in [0.717, 1.165) is 18.2 Å². The number of piperidine rings is 1. The van der Waals surface area contributed by atoms with E-state index in [9.17, 15) is 14.3 Å². The summed E-state index contributed by atoms with van der Waals surface area (Å²) in [6.07, 6.45) is 1.53. The molecule has 32 heavy (non-hydrogen) atoms. The highest BCUT2D eigenvalue weighted by molar-refractivity contribution is 6.04. The molecule has 2 bridgehead atoms. The zero-order chi connectivity index (χ0) is 23.2. The Morgan fingerprint density at radius 3 is 2.44 bits per heavy atom. The Bertz CT molecular complexity index is 1060. The zero-order valence-electron chi connectivity index (χ0n) is 17.5. The van der Waals surface area contributed by atoms with Gasteiger partial charge in [0.05, 0.1) is 22.9 Å². The maximum atomic E-state index is 15.4. The summed E-state index contributed by atoms with van der Waals surface area (Å²) in [5, 5.41) is 12.4. The number of allylic oxidation sites excluding steroid dienone is 1. The van der Waals surface area contributed by atoms with Crippen molar-refractivity contribution in [1.29, 1.82) is 0 Å². The van der Waals surface area contributed by atoms with Crippen LogP contribution in [0.4, 0.5) is 23.2 Å². The molecule has 0 saturated carbocycles. The molecule has 1 amide bonds. The lowest BCUT2D eigenvalue weighted by molar-refractivity contribution is -0.0280. The van der Waals surface area contributed by atoms with E-state index in [1.165, 1.54) is 30.0 Å². The normalized spacial score (nSPS) is 22.7. The number of amides is 1. The lowest BCUT2D eigenvalue weighted by Crippen LogP contribution is -2.47. The van der Waals surface area contributed by atoms with Gasteiger partial charge in [0.25, 0.3) is 5.91 Å². The summed E-state index contributed by atoms with van der Waals surface area (Å²) in [6, 6.07) is 6.55. The Hall–Kier alpha value is -2.87. The molecule has 170 valence electrons. The Kier molecular flexibility index (Phi) is 5.75. The van der Waals surface area contributed by atoms with Crippen molar-refractivity contribution in [3.8, 4) is 0 Å². The van der Waals surface area contributed by atoms with Crippen molar-refractivity contribution in [3.05, 3.63) is 77.0 Å². The molecule has 4 rings (SSSR count). The van der Waals surface area contributed by atoms with E-state index < -0.39 is 46.4 Å². The average molecular weight is 448 g/mol. The summed E-state index contributed by atoms with van der Waals surface area (Å²) in [6.45, 7) is 5.09. The summed E-state index contributed by atoms with van der Waals surface area (Å²) in [4.78, 5) is 14.1. The summed E-state index contributed by atoms with van der Waals surface area (Å²) < 4.78 is 59.4. The highest BCUT2D eigenvalue weighted by Crippen LogP contribution is 2.46. The second-order valence-corrected chi connectivity index (χ2v) is 8.52. The molecule has 8 heteroatoms. The minimum absolute atomic E-state index is 0.221. The highest BCUT2D eigenvalue weighted by atomic mass is 19.3. The van der Waals surface area contributed by atoms with Gasteiger partial charge in [-0.15, -0.1) is 0 Å².